The summed E-state index contributed by atoms with van der Waals surface area (Å²) in [5.74, 6) is 0.680. The highest BCUT2D eigenvalue weighted by molar-refractivity contribution is 5.81. The number of primary amides is 1. The van der Waals surface area contributed by atoms with Gasteiger partial charge < -0.3 is 15.6 Å². The summed E-state index contributed by atoms with van der Waals surface area (Å²) in [6.45, 7) is 6.66. The highest BCUT2D eigenvalue weighted by atomic mass is 16.1. The molecule has 0 aliphatic carbocycles. The predicted octanol–water partition coefficient (Wildman–Crippen LogP) is 1.84. The van der Waals surface area contributed by atoms with Crippen LogP contribution >= 0.6 is 0 Å². The molecule has 0 bridgehead atoms. The Kier molecular flexibility index (Phi) is 4.96. The number of rotatable bonds is 7. The van der Waals surface area contributed by atoms with E-state index in [2.05, 4.69) is 21.8 Å². The molecule has 3 N–H and O–H groups in total. The van der Waals surface area contributed by atoms with E-state index in [0.29, 0.717) is 6.54 Å². The van der Waals surface area contributed by atoms with Crippen molar-refractivity contribution in [3.8, 4) is 0 Å². The summed E-state index contributed by atoms with van der Waals surface area (Å²) in [7, 11) is 0. The van der Waals surface area contributed by atoms with Crippen LogP contribution in [0.15, 0.2) is 24.3 Å². The SMILES string of the molecule is CCCc1nc2ccccc2n1CC(NC(C)C)C(N)=O. The Bertz CT molecular complexity index is 618. The van der Waals surface area contributed by atoms with Crippen molar-refractivity contribution in [3.05, 3.63) is 30.1 Å². The lowest BCUT2D eigenvalue weighted by Gasteiger charge is -2.20. The van der Waals surface area contributed by atoms with E-state index in [-0.39, 0.29) is 11.9 Å². The van der Waals surface area contributed by atoms with Gasteiger partial charge in [-0.15, -0.1) is 0 Å². The number of carbonyl (C=O) groups is 1. The van der Waals surface area contributed by atoms with Crippen molar-refractivity contribution in [3.63, 3.8) is 0 Å². The van der Waals surface area contributed by atoms with Crippen LogP contribution in [0.2, 0.25) is 0 Å². The lowest BCUT2D eigenvalue weighted by atomic mass is 10.2. The first kappa shape index (κ1) is 15.5. The number of carbonyl (C=O) groups excluding carboxylic acids is 1. The van der Waals surface area contributed by atoms with Gasteiger partial charge in [-0.25, -0.2) is 4.98 Å². The third-order valence-electron chi connectivity index (χ3n) is 3.45. The largest absolute Gasteiger partial charge is 0.368 e. The van der Waals surface area contributed by atoms with Crippen LogP contribution in [-0.4, -0.2) is 27.5 Å². The van der Waals surface area contributed by atoms with Gasteiger partial charge in [0.1, 0.15) is 11.9 Å². The number of aromatic nitrogens is 2. The van der Waals surface area contributed by atoms with Crippen molar-refractivity contribution < 1.29 is 4.79 Å². The Morgan fingerprint density at radius 2 is 2.10 bits per heavy atom. The van der Waals surface area contributed by atoms with E-state index in [0.717, 1.165) is 29.7 Å². The number of benzene rings is 1. The van der Waals surface area contributed by atoms with Crippen molar-refractivity contribution >= 4 is 16.9 Å². The summed E-state index contributed by atoms with van der Waals surface area (Å²) in [6.07, 6.45) is 1.91. The molecule has 1 amide bonds. The summed E-state index contributed by atoms with van der Waals surface area (Å²) < 4.78 is 2.11. The van der Waals surface area contributed by atoms with Gasteiger partial charge in [0.2, 0.25) is 5.91 Å². The second-order valence-corrected chi connectivity index (χ2v) is 5.65. The van der Waals surface area contributed by atoms with Crippen LogP contribution in [0, 0.1) is 0 Å². The second-order valence-electron chi connectivity index (χ2n) is 5.65. The average Bonchev–Trinajstić information content (AvgIpc) is 2.76. The van der Waals surface area contributed by atoms with E-state index in [1.54, 1.807) is 0 Å². The first-order valence-electron chi connectivity index (χ1n) is 7.52. The van der Waals surface area contributed by atoms with Gasteiger partial charge in [-0.05, 0) is 18.6 Å². The third-order valence-corrected chi connectivity index (χ3v) is 3.45. The fourth-order valence-electron chi connectivity index (χ4n) is 2.55. The molecule has 0 saturated carbocycles. The molecule has 1 aromatic carbocycles. The molecular formula is C16H24N4O. The molecule has 21 heavy (non-hydrogen) atoms. The molecule has 0 aliphatic heterocycles. The molecule has 1 atom stereocenters. The minimum absolute atomic E-state index is 0.201. The quantitative estimate of drug-likeness (QED) is 0.816. The Labute approximate surface area is 125 Å². The topological polar surface area (TPSA) is 72.9 Å². The molecule has 0 radical (unpaired) electrons. The Hall–Kier alpha value is -1.88. The van der Waals surface area contributed by atoms with Gasteiger partial charge in [0.05, 0.1) is 11.0 Å². The molecule has 1 aromatic heterocycles. The Morgan fingerprint density at radius 3 is 2.71 bits per heavy atom. The highest BCUT2D eigenvalue weighted by Gasteiger charge is 2.20. The molecule has 2 rings (SSSR count). The minimum atomic E-state index is -0.391. The van der Waals surface area contributed by atoms with Gasteiger partial charge >= 0.3 is 0 Å². The maximum absolute atomic E-state index is 11.7. The van der Waals surface area contributed by atoms with Crippen LogP contribution in [-0.2, 0) is 17.8 Å². The maximum atomic E-state index is 11.7. The van der Waals surface area contributed by atoms with Gasteiger partial charge in [-0.3, -0.25) is 4.79 Å². The fourth-order valence-corrected chi connectivity index (χ4v) is 2.55. The fraction of sp³-hybridized carbons (Fsp3) is 0.500. The smallest absolute Gasteiger partial charge is 0.236 e. The number of nitrogens with zero attached hydrogens (tertiary/aromatic N) is 2. The number of aryl methyl sites for hydroxylation is 1. The van der Waals surface area contributed by atoms with Crippen molar-refractivity contribution in [1.29, 1.82) is 0 Å². The number of nitrogens with two attached hydrogens (primary N) is 1. The van der Waals surface area contributed by atoms with Crippen LogP contribution in [0.4, 0.5) is 0 Å². The lowest BCUT2D eigenvalue weighted by Crippen LogP contribution is -2.47. The normalized spacial score (nSPS) is 13.0. The number of imidazole rings is 1. The zero-order chi connectivity index (χ0) is 15.4. The zero-order valence-electron chi connectivity index (χ0n) is 13.0. The number of para-hydroxylation sites is 2. The maximum Gasteiger partial charge on any atom is 0.236 e. The van der Waals surface area contributed by atoms with Crippen molar-refractivity contribution in [1.82, 2.24) is 14.9 Å². The molecule has 114 valence electrons. The third kappa shape index (κ3) is 3.61. The van der Waals surface area contributed by atoms with Crippen LogP contribution in [0.3, 0.4) is 0 Å². The monoisotopic (exact) mass is 288 g/mol. The second kappa shape index (κ2) is 6.72. The van der Waals surface area contributed by atoms with Gasteiger partial charge in [0.15, 0.2) is 0 Å². The highest BCUT2D eigenvalue weighted by Crippen LogP contribution is 2.17. The summed E-state index contributed by atoms with van der Waals surface area (Å²) in [5, 5.41) is 3.23. The van der Waals surface area contributed by atoms with E-state index >= 15 is 0 Å². The zero-order valence-corrected chi connectivity index (χ0v) is 13.0. The van der Waals surface area contributed by atoms with Crippen molar-refractivity contribution in [2.45, 2.75) is 52.2 Å². The molecule has 0 fully saturated rings. The Balaban J connectivity index is 2.38. The van der Waals surface area contributed by atoms with Gasteiger partial charge in [-0.2, -0.15) is 0 Å². The minimum Gasteiger partial charge on any atom is -0.368 e. The van der Waals surface area contributed by atoms with E-state index < -0.39 is 6.04 Å². The first-order valence-corrected chi connectivity index (χ1v) is 7.52. The first-order chi connectivity index (χ1) is 10.0. The van der Waals surface area contributed by atoms with Crippen LogP contribution in [0.25, 0.3) is 11.0 Å². The molecule has 0 aliphatic rings. The van der Waals surface area contributed by atoms with Gasteiger partial charge in [0, 0.05) is 19.0 Å². The summed E-state index contributed by atoms with van der Waals surface area (Å²) in [6, 6.07) is 7.82. The molecule has 2 aromatic rings. The molecule has 5 nitrogen and oxygen atoms in total. The molecule has 1 heterocycles. The number of hydrogen-bond donors (Lipinski definition) is 2. The number of fused-ring (bicyclic) bond motifs is 1. The van der Waals surface area contributed by atoms with Crippen molar-refractivity contribution in [2.75, 3.05) is 0 Å². The van der Waals surface area contributed by atoms with Crippen LogP contribution < -0.4 is 11.1 Å². The molecule has 0 saturated heterocycles. The van der Waals surface area contributed by atoms with Crippen LogP contribution in [0.5, 0.6) is 0 Å². The summed E-state index contributed by atoms with van der Waals surface area (Å²) >= 11 is 0. The summed E-state index contributed by atoms with van der Waals surface area (Å²) in [4.78, 5) is 16.4. The number of hydrogen-bond acceptors (Lipinski definition) is 3. The average molecular weight is 288 g/mol. The van der Waals surface area contributed by atoms with E-state index in [1.165, 1.54) is 0 Å². The summed E-state index contributed by atoms with van der Waals surface area (Å²) in [5.41, 5.74) is 7.55. The molecule has 1 unspecified atom stereocenters. The van der Waals surface area contributed by atoms with E-state index in [4.69, 9.17) is 5.73 Å². The molecular weight excluding hydrogens is 264 g/mol. The standard InChI is InChI=1S/C16H24N4O/c1-4-7-15-19-12-8-5-6-9-14(12)20(15)10-13(16(17)21)18-11(2)3/h5-6,8-9,11,13,18H,4,7,10H2,1-3H3,(H2,17,21). The lowest BCUT2D eigenvalue weighted by molar-refractivity contribution is -0.120. The number of nitrogens with one attached hydrogen (secondary N) is 1. The van der Waals surface area contributed by atoms with Gasteiger partial charge in [-0.1, -0.05) is 32.9 Å². The van der Waals surface area contributed by atoms with Crippen molar-refractivity contribution in [2.24, 2.45) is 5.73 Å². The van der Waals surface area contributed by atoms with Crippen LogP contribution in [0.1, 0.15) is 33.0 Å². The van der Waals surface area contributed by atoms with E-state index in [9.17, 15) is 4.79 Å². The Morgan fingerprint density at radius 1 is 1.38 bits per heavy atom. The predicted molar refractivity (Wildman–Crippen MR) is 85.0 cm³/mol. The molecule has 0 spiro atoms. The number of amides is 1. The van der Waals surface area contributed by atoms with E-state index in [1.807, 2.05) is 38.1 Å². The van der Waals surface area contributed by atoms with Gasteiger partial charge in [0.25, 0.3) is 0 Å². The molecule has 5 heteroatoms.